The van der Waals surface area contributed by atoms with Gasteiger partial charge in [0.25, 0.3) is 0 Å². The maximum Gasteiger partial charge on any atom is 0.245 e. The Morgan fingerprint density at radius 1 is 1.19 bits per heavy atom. The molecule has 0 spiro atoms. The van der Waals surface area contributed by atoms with Crippen LogP contribution in [0.3, 0.4) is 0 Å². The van der Waals surface area contributed by atoms with Crippen LogP contribution < -0.4 is 15.9 Å². The lowest BCUT2D eigenvalue weighted by Gasteiger charge is -2.24. The van der Waals surface area contributed by atoms with E-state index in [4.69, 9.17) is 33.8 Å². The molecule has 2 aromatic heterocycles. The Balaban J connectivity index is 1.34. The van der Waals surface area contributed by atoms with Crippen LogP contribution in [0.5, 0.6) is 5.75 Å². The predicted octanol–water partition coefficient (Wildman–Crippen LogP) is 4.60. The van der Waals surface area contributed by atoms with Crippen LogP contribution in [0, 0.1) is 13.8 Å². The van der Waals surface area contributed by atoms with Gasteiger partial charge in [-0.05, 0) is 62.1 Å². The van der Waals surface area contributed by atoms with Gasteiger partial charge in [0.1, 0.15) is 17.5 Å². The lowest BCUT2D eigenvalue weighted by atomic mass is 10.1. The Hall–Kier alpha value is -3.64. The number of halogens is 2. The third-order valence-corrected chi connectivity index (χ3v) is 10.2. The van der Waals surface area contributed by atoms with Crippen molar-refractivity contribution >= 4 is 51.0 Å². The number of pyridine rings is 1. The van der Waals surface area contributed by atoms with E-state index in [1.807, 2.05) is 54.8 Å². The van der Waals surface area contributed by atoms with Crippen LogP contribution in [0.2, 0.25) is 10.0 Å². The Morgan fingerprint density at radius 3 is 2.69 bits per heavy atom. The number of carbonyl (C=O) groups excluding carboxylic acids is 1. The fourth-order valence-electron chi connectivity index (χ4n) is 4.98. The quantitative estimate of drug-likeness (QED) is 0.158. The number of sulfonamides is 1. The topological polar surface area (TPSA) is 131 Å². The molecule has 2 aromatic carbocycles. The van der Waals surface area contributed by atoms with Crippen LogP contribution in [0.15, 0.2) is 64.7 Å². The number of aryl methyl sites for hydroxylation is 2. The third-order valence-electron chi connectivity index (χ3n) is 7.38. The SMILES string of the molecule is Cc1nc2c(OCc3c(Cl)ccc(S(=O)(=O)N4CCC[C@H]4C(=O)NCc4ccc(C=NN)cc4)c3Cl)cccn2c1C. The van der Waals surface area contributed by atoms with Gasteiger partial charge in [-0.3, -0.25) is 4.79 Å². The van der Waals surface area contributed by atoms with Gasteiger partial charge in [-0.15, -0.1) is 0 Å². The number of nitrogens with one attached hydrogen (secondary N) is 1. The molecule has 10 nitrogen and oxygen atoms in total. The van der Waals surface area contributed by atoms with Crippen molar-refractivity contribution in [3.8, 4) is 5.75 Å². The first-order chi connectivity index (χ1) is 20.1. The highest BCUT2D eigenvalue weighted by atomic mass is 35.5. The van der Waals surface area contributed by atoms with Gasteiger partial charge in [0.05, 0.1) is 16.9 Å². The number of ether oxygens (including phenoxy) is 1. The van der Waals surface area contributed by atoms with E-state index in [9.17, 15) is 13.2 Å². The number of benzene rings is 2. The molecule has 4 aromatic rings. The minimum absolute atomic E-state index is 0.0441. The van der Waals surface area contributed by atoms with Gasteiger partial charge in [0, 0.05) is 35.6 Å². The number of imidazole rings is 1. The molecule has 13 heteroatoms. The second-order valence-electron chi connectivity index (χ2n) is 9.99. The lowest BCUT2D eigenvalue weighted by Crippen LogP contribution is -2.45. The number of aromatic nitrogens is 2. The second kappa shape index (κ2) is 12.3. The zero-order valence-corrected chi connectivity index (χ0v) is 25.4. The van der Waals surface area contributed by atoms with Gasteiger partial charge in [-0.25, -0.2) is 13.4 Å². The van der Waals surface area contributed by atoms with Crippen LogP contribution in [-0.4, -0.2) is 46.8 Å². The summed E-state index contributed by atoms with van der Waals surface area (Å²) in [6, 6.07) is 12.9. The number of rotatable bonds is 9. The van der Waals surface area contributed by atoms with Crippen molar-refractivity contribution in [1.82, 2.24) is 19.0 Å². The largest absolute Gasteiger partial charge is 0.485 e. The summed E-state index contributed by atoms with van der Waals surface area (Å²) >= 11 is 13.1. The number of amides is 1. The van der Waals surface area contributed by atoms with Crippen molar-refractivity contribution in [2.75, 3.05) is 6.54 Å². The van der Waals surface area contributed by atoms with Gasteiger partial charge < -0.3 is 20.3 Å². The minimum atomic E-state index is -4.13. The van der Waals surface area contributed by atoms with E-state index < -0.39 is 16.1 Å². The highest BCUT2D eigenvalue weighted by molar-refractivity contribution is 7.89. The maximum absolute atomic E-state index is 13.8. The molecule has 1 fully saturated rings. The zero-order valence-electron chi connectivity index (χ0n) is 23.0. The number of nitrogens with two attached hydrogens (primary N) is 1. The number of hydrogen-bond acceptors (Lipinski definition) is 7. The summed E-state index contributed by atoms with van der Waals surface area (Å²) in [6.07, 6.45) is 4.34. The predicted molar refractivity (Wildman–Crippen MR) is 162 cm³/mol. The number of carbonyl (C=O) groups is 1. The molecule has 0 unspecified atom stereocenters. The Labute approximate surface area is 254 Å². The first-order valence-electron chi connectivity index (χ1n) is 13.3. The van der Waals surface area contributed by atoms with Crippen molar-refractivity contribution in [3.63, 3.8) is 0 Å². The average Bonchev–Trinajstić information content (AvgIpc) is 3.58. The molecule has 1 amide bonds. The highest BCUT2D eigenvalue weighted by Crippen LogP contribution is 2.36. The van der Waals surface area contributed by atoms with Crippen LogP contribution in [-0.2, 0) is 28.0 Å². The summed E-state index contributed by atoms with van der Waals surface area (Å²) in [5.41, 5.74) is 4.49. The van der Waals surface area contributed by atoms with Crippen LogP contribution in [0.4, 0.5) is 0 Å². The van der Waals surface area contributed by atoms with E-state index in [1.54, 1.807) is 6.07 Å². The summed E-state index contributed by atoms with van der Waals surface area (Å²) in [5, 5.41) is 6.56. The van der Waals surface area contributed by atoms with Crippen molar-refractivity contribution in [2.24, 2.45) is 10.9 Å². The van der Waals surface area contributed by atoms with E-state index in [0.717, 1.165) is 22.5 Å². The number of fused-ring (bicyclic) bond motifs is 1. The Morgan fingerprint density at radius 2 is 1.95 bits per heavy atom. The molecule has 0 radical (unpaired) electrons. The summed E-state index contributed by atoms with van der Waals surface area (Å²) in [6.45, 7) is 4.24. The molecule has 1 atom stereocenters. The molecule has 3 N–H and O–H groups in total. The molecule has 0 saturated carbocycles. The average molecular weight is 630 g/mol. The molecule has 0 bridgehead atoms. The molecule has 3 heterocycles. The molecular formula is C29H30Cl2N6O4S. The van der Waals surface area contributed by atoms with Crippen molar-refractivity contribution in [2.45, 2.75) is 50.8 Å². The fourth-order valence-corrected chi connectivity index (χ4v) is 7.50. The second-order valence-corrected chi connectivity index (χ2v) is 12.6. The smallest absolute Gasteiger partial charge is 0.245 e. The molecule has 220 valence electrons. The van der Waals surface area contributed by atoms with Gasteiger partial charge in [0.15, 0.2) is 11.4 Å². The summed E-state index contributed by atoms with van der Waals surface area (Å²) in [7, 11) is -4.13. The Bertz CT molecular complexity index is 1770. The minimum Gasteiger partial charge on any atom is -0.485 e. The van der Waals surface area contributed by atoms with E-state index in [-0.39, 0.29) is 40.5 Å². The van der Waals surface area contributed by atoms with Gasteiger partial charge >= 0.3 is 0 Å². The first kappa shape index (κ1) is 29.8. The fraction of sp³-hybridized carbons (Fsp3) is 0.276. The van der Waals surface area contributed by atoms with Crippen molar-refractivity contribution in [3.05, 3.63) is 92.9 Å². The van der Waals surface area contributed by atoms with Crippen LogP contribution >= 0.6 is 23.2 Å². The lowest BCUT2D eigenvalue weighted by molar-refractivity contribution is -0.124. The van der Waals surface area contributed by atoms with E-state index >= 15 is 0 Å². The van der Waals surface area contributed by atoms with Crippen LogP contribution in [0.1, 0.15) is 40.9 Å². The maximum atomic E-state index is 13.8. The molecular weight excluding hydrogens is 599 g/mol. The van der Waals surface area contributed by atoms with Gasteiger partial charge in [0.2, 0.25) is 15.9 Å². The third kappa shape index (κ3) is 5.82. The Kier molecular flexibility index (Phi) is 8.74. The van der Waals surface area contributed by atoms with E-state index in [0.29, 0.717) is 29.8 Å². The summed E-state index contributed by atoms with van der Waals surface area (Å²) in [5.74, 6) is 5.31. The van der Waals surface area contributed by atoms with Crippen molar-refractivity contribution in [1.29, 1.82) is 0 Å². The first-order valence-corrected chi connectivity index (χ1v) is 15.5. The van der Waals surface area contributed by atoms with Crippen molar-refractivity contribution < 1.29 is 17.9 Å². The van der Waals surface area contributed by atoms with Gasteiger partial charge in [-0.2, -0.15) is 9.41 Å². The van der Waals surface area contributed by atoms with Gasteiger partial charge in [-0.1, -0.05) is 47.5 Å². The zero-order chi connectivity index (χ0) is 30.0. The molecule has 1 saturated heterocycles. The number of hydrazone groups is 1. The van der Waals surface area contributed by atoms with Crippen LogP contribution in [0.25, 0.3) is 5.65 Å². The summed E-state index contributed by atoms with van der Waals surface area (Å²) < 4.78 is 36.8. The number of hydrogen-bond donors (Lipinski definition) is 2. The van der Waals surface area contributed by atoms with E-state index in [2.05, 4.69) is 15.4 Å². The highest BCUT2D eigenvalue weighted by Gasteiger charge is 2.40. The molecule has 1 aliphatic heterocycles. The van der Waals surface area contributed by atoms with E-state index in [1.165, 1.54) is 22.7 Å². The molecule has 0 aliphatic carbocycles. The molecule has 42 heavy (non-hydrogen) atoms. The molecule has 1 aliphatic rings. The normalized spacial score (nSPS) is 16.0. The number of nitrogens with zero attached hydrogens (tertiary/aromatic N) is 4. The summed E-state index contributed by atoms with van der Waals surface area (Å²) in [4.78, 5) is 17.6. The standard InChI is InChI=1S/C29H30Cl2N6O4S/c1-18-19(2)36-13-4-6-25(28(36)35-18)41-17-22-23(30)11-12-26(27(22)31)42(39,40)37-14-3-5-24(37)29(38)33-15-20-7-9-21(10-8-20)16-34-32/h4,6-13,16,24H,3,5,14-15,17,32H2,1-2H3,(H,33,38)/t24-/m0/s1. The monoisotopic (exact) mass is 628 g/mol. The molecule has 5 rings (SSSR count).